The first-order valence-corrected chi connectivity index (χ1v) is 6.60. The fourth-order valence-electron chi connectivity index (χ4n) is 1.40. The molecule has 5 nitrogen and oxygen atoms in total. The Kier molecular flexibility index (Phi) is 4.72. The second-order valence-corrected chi connectivity index (χ2v) is 5.48. The highest BCUT2D eigenvalue weighted by atomic mass is 32.1. The molecule has 0 saturated heterocycles. The number of carbonyl (C=O) groups is 2. The Labute approximate surface area is 110 Å². The number of nitrogens with one attached hydrogen (secondary N) is 2. The molecule has 1 aromatic rings. The number of carbonyl (C=O) groups excluding carboxylic acids is 1. The molecule has 0 aliphatic heterocycles. The van der Waals surface area contributed by atoms with Gasteiger partial charge in [0, 0.05) is 4.88 Å². The molecule has 1 rings (SSSR count). The molecule has 0 radical (unpaired) electrons. The molecule has 0 aliphatic rings. The summed E-state index contributed by atoms with van der Waals surface area (Å²) in [5, 5.41) is 16.1. The third-order valence-electron chi connectivity index (χ3n) is 2.56. The molecule has 0 aliphatic carbocycles. The third kappa shape index (κ3) is 3.73. The lowest BCUT2D eigenvalue weighted by Crippen LogP contribution is -2.53. The summed E-state index contributed by atoms with van der Waals surface area (Å²) in [7, 11) is 0. The quantitative estimate of drug-likeness (QED) is 0.768. The van der Waals surface area contributed by atoms with Gasteiger partial charge in [0.05, 0.1) is 6.04 Å². The molecule has 0 spiro atoms. The highest BCUT2D eigenvalue weighted by Crippen LogP contribution is 2.21. The van der Waals surface area contributed by atoms with E-state index in [2.05, 4.69) is 10.6 Å². The van der Waals surface area contributed by atoms with E-state index in [9.17, 15) is 9.59 Å². The summed E-state index contributed by atoms with van der Waals surface area (Å²) < 4.78 is 0. The molecule has 6 heteroatoms. The lowest BCUT2D eigenvalue weighted by molar-refractivity contribution is -0.142. The highest BCUT2D eigenvalue weighted by molar-refractivity contribution is 7.10. The Morgan fingerprint density at radius 2 is 2.17 bits per heavy atom. The van der Waals surface area contributed by atoms with E-state index in [1.807, 2.05) is 24.4 Å². The Morgan fingerprint density at radius 1 is 1.50 bits per heavy atom. The van der Waals surface area contributed by atoms with Crippen molar-refractivity contribution in [2.75, 3.05) is 0 Å². The lowest BCUT2D eigenvalue weighted by atomic mass is 10.1. The van der Waals surface area contributed by atoms with Crippen LogP contribution in [0.2, 0.25) is 0 Å². The molecule has 0 fully saturated rings. The van der Waals surface area contributed by atoms with E-state index in [1.54, 1.807) is 11.3 Å². The minimum Gasteiger partial charge on any atom is -0.480 e. The smallest absolute Gasteiger partial charge is 0.328 e. The van der Waals surface area contributed by atoms with Crippen LogP contribution in [-0.4, -0.2) is 22.6 Å². The van der Waals surface area contributed by atoms with Gasteiger partial charge in [-0.25, -0.2) is 9.59 Å². The number of carboxylic acids is 1. The molecule has 1 heterocycles. The van der Waals surface area contributed by atoms with E-state index in [1.165, 1.54) is 13.8 Å². The van der Waals surface area contributed by atoms with Crippen molar-refractivity contribution in [3.05, 3.63) is 22.4 Å². The highest BCUT2D eigenvalue weighted by Gasteiger charge is 2.29. The number of thiophene rings is 1. The first-order chi connectivity index (χ1) is 8.36. The van der Waals surface area contributed by atoms with Crippen molar-refractivity contribution in [2.24, 2.45) is 0 Å². The number of rotatable bonds is 5. The van der Waals surface area contributed by atoms with E-state index < -0.39 is 17.5 Å². The summed E-state index contributed by atoms with van der Waals surface area (Å²) in [6, 6.07) is 3.31. The molecule has 0 aromatic carbocycles. The van der Waals surface area contributed by atoms with Crippen LogP contribution in [-0.2, 0) is 4.79 Å². The van der Waals surface area contributed by atoms with Gasteiger partial charge in [0.1, 0.15) is 5.54 Å². The summed E-state index contributed by atoms with van der Waals surface area (Å²) in [4.78, 5) is 23.7. The average molecular weight is 270 g/mol. The zero-order valence-electron chi connectivity index (χ0n) is 10.7. The van der Waals surface area contributed by atoms with Crippen molar-refractivity contribution in [1.82, 2.24) is 10.6 Å². The lowest BCUT2D eigenvalue weighted by Gasteiger charge is -2.23. The Bertz CT molecular complexity index is 415. The van der Waals surface area contributed by atoms with Crippen molar-refractivity contribution in [2.45, 2.75) is 38.8 Å². The third-order valence-corrected chi connectivity index (χ3v) is 3.55. The summed E-state index contributed by atoms with van der Waals surface area (Å²) in [6.45, 7) is 4.86. The van der Waals surface area contributed by atoms with Crippen molar-refractivity contribution >= 4 is 23.3 Å². The molecule has 2 amide bonds. The van der Waals surface area contributed by atoms with Gasteiger partial charge in [-0.3, -0.25) is 0 Å². The van der Waals surface area contributed by atoms with Crippen molar-refractivity contribution < 1.29 is 14.7 Å². The van der Waals surface area contributed by atoms with Crippen LogP contribution in [0.5, 0.6) is 0 Å². The first-order valence-electron chi connectivity index (χ1n) is 5.72. The minimum atomic E-state index is -1.28. The molecule has 0 bridgehead atoms. The second kappa shape index (κ2) is 5.86. The predicted molar refractivity (Wildman–Crippen MR) is 70.7 cm³/mol. The molecule has 0 saturated carbocycles. The van der Waals surface area contributed by atoms with E-state index in [0.717, 1.165) is 11.3 Å². The normalized spacial score (nSPS) is 12.8. The fraction of sp³-hybridized carbons (Fsp3) is 0.500. The van der Waals surface area contributed by atoms with E-state index in [-0.39, 0.29) is 6.04 Å². The van der Waals surface area contributed by atoms with Gasteiger partial charge in [0.25, 0.3) is 0 Å². The first kappa shape index (κ1) is 14.5. The molecular formula is C12H18N2O3S. The van der Waals surface area contributed by atoms with E-state index in [0.29, 0.717) is 0 Å². The van der Waals surface area contributed by atoms with Crippen molar-refractivity contribution in [3.8, 4) is 0 Å². The summed E-state index contributed by atoms with van der Waals surface area (Å²) in [5.41, 5.74) is -1.28. The van der Waals surface area contributed by atoms with Crippen LogP contribution in [0.3, 0.4) is 0 Å². The van der Waals surface area contributed by atoms with Crippen molar-refractivity contribution in [1.29, 1.82) is 0 Å². The molecule has 1 unspecified atom stereocenters. The summed E-state index contributed by atoms with van der Waals surface area (Å²) in [6.07, 6.45) is 0.751. The van der Waals surface area contributed by atoms with Crippen LogP contribution < -0.4 is 10.6 Å². The van der Waals surface area contributed by atoms with Crippen LogP contribution in [0.15, 0.2) is 17.5 Å². The fourth-order valence-corrected chi connectivity index (χ4v) is 2.26. The molecule has 100 valence electrons. The van der Waals surface area contributed by atoms with E-state index in [4.69, 9.17) is 5.11 Å². The minimum absolute atomic E-state index is 0.0883. The number of carboxylic acid groups (broad SMARTS) is 1. The van der Waals surface area contributed by atoms with Crippen LogP contribution in [0.1, 0.15) is 38.1 Å². The van der Waals surface area contributed by atoms with Gasteiger partial charge >= 0.3 is 12.0 Å². The second-order valence-electron chi connectivity index (χ2n) is 4.50. The summed E-state index contributed by atoms with van der Waals surface area (Å²) in [5.74, 6) is -1.07. The number of amides is 2. The Balaban J connectivity index is 2.61. The van der Waals surface area contributed by atoms with E-state index >= 15 is 0 Å². The molecule has 1 aromatic heterocycles. The maximum Gasteiger partial charge on any atom is 0.328 e. The zero-order valence-corrected chi connectivity index (χ0v) is 11.5. The molecular weight excluding hydrogens is 252 g/mol. The zero-order chi connectivity index (χ0) is 13.8. The summed E-state index contributed by atoms with van der Waals surface area (Å²) >= 11 is 1.56. The largest absolute Gasteiger partial charge is 0.480 e. The number of urea groups is 1. The van der Waals surface area contributed by atoms with Crippen LogP contribution in [0, 0.1) is 0 Å². The number of hydrogen-bond acceptors (Lipinski definition) is 3. The maximum atomic E-state index is 11.7. The van der Waals surface area contributed by atoms with Crippen LogP contribution >= 0.6 is 11.3 Å². The molecule has 3 N–H and O–H groups in total. The molecule has 18 heavy (non-hydrogen) atoms. The van der Waals surface area contributed by atoms with Crippen LogP contribution in [0.4, 0.5) is 4.79 Å². The average Bonchev–Trinajstić information content (AvgIpc) is 2.78. The Hall–Kier alpha value is -1.56. The monoisotopic (exact) mass is 270 g/mol. The predicted octanol–water partition coefficient (Wildman–Crippen LogP) is 2.36. The number of hydrogen-bond donors (Lipinski definition) is 3. The van der Waals surface area contributed by atoms with Gasteiger partial charge in [-0.1, -0.05) is 13.0 Å². The maximum absolute atomic E-state index is 11.7. The number of aliphatic carboxylic acids is 1. The van der Waals surface area contributed by atoms with Gasteiger partial charge in [0.15, 0.2) is 0 Å². The van der Waals surface area contributed by atoms with Gasteiger partial charge in [-0.05, 0) is 31.7 Å². The standard InChI is InChI=1S/C12H18N2O3S/c1-4-8(9-6-5-7-18-9)13-11(17)14-12(2,3)10(15)16/h5-8H,4H2,1-3H3,(H,15,16)(H2,13,14,17). The van der Waals surface area contributed by atoms with Gasteiger partial charge in [-0.2, -0.15) is 0 Å². The Morgan fingerprint density at radius 3 is 2.61 bits per heavy atom. The van der Waals surface area contributed by atoms with Crippen LogP contribution in [0.25, 0.3) is 0 Å². The SMILES string of the molecule is CCC(NC(=O)NC(C)(C)C(=O)O)c1cccs1. The van der Waals surface area contributed by atoms with Crippen molar-refractivity contribution in [3.63, 3.8) is 0 Å². The topological polar surface area (TPSA) is 78.4 Å². The van der Waals surface area contributed by atoms with Gasteiger partial charge in [-0.15, -0.1) is 11.3 Å². The van der Waals surface area contributed by atoms with Gasteiger partial charge < -0.3 is 15.7 Å². The van der Waals surface area contributed by atoms with Gasteiger partial charge in [0.2, 0.25) is 0 Å². The molecule has 1 atom stereocenters.